The Hall–Kier alpha value is -2.08. The van der Waals surface area contributed by atoms with E-state index in [2.05, 4.69) is 4.72 Å². The van der Waals surface area contributed by atoms with Crippen LogP contribution >= 0.6 is 0 Å². The zero-order valence-corrected chi connectivity index (χ0v) is 16.7. The van der Waals surface area contributed by atoms with Gasteiger partial charge in [0.05, 0.1) is 5.75 Å². The fraction of sp³-hybridized carbons (Fsp3) is 0.476. The van der Waals surface area contributed by atoms with Crippen molar-refractivity contribution in [3.63, 3.8) is 0 Å². The number of carboxylic acid groups (broad SMARTS) is 1. The summed E-state index contributed by atoms with van der Waals surface area (Å²) < 4.78 is 27.7. The van der Waals surface area contributed by atoms with Gasteiger partial charge in [0.1, 0.15) is 0 Å². The number of aliphatic carboxylic acids is 1. The molecule has 0 saturated carbocycles. The van der Waals surface area contributed by atoms with E-state index in [1.165, 1.54) is 0 Å². The van der Waals surface area contributed by atoms with Crippen molar-refractivity contribution in [2.24, 2.45) is 0 Å². The van der Waals surface area contributed by atoms with Crippen molar-refractivity contribution in [1.29, 1.82) is 0 Å². The summed E-state index contributed by atoms with van der Waals surface area (Å²) in [6.07, 6.45) is 9.42. The van der Waals surface area contributed by atoms with Gasteiger partial charge in [0.2, 0.25) is 10.0 Å². The molecule has 27 heavy (non-hydrogen) atoms. The van der Waals surface area contributed by atoms with Gasteiger partial charge in [0.15, 0.2) is 0 Å². The number of sulfonamides is 1. The van der Waals surface area contributed by atoms with Gasteiger partial charge in [0, 0.05) is 12.1 Å². The molecular formula is C21H29NO4S. The number of nitrogens with one attached hydrogen (secondary N) is 1. The topological polar surface area (TPSA) is 83.5 Å². The Labute approximate surface area is 162 Å². The van der Waals surface area contributed by atoms with Crippen LogP contribution < -0.4 is 4.72 Å². The third-order valence-electron chi connectivity index (χ3n) is 4.65. The Kier molecular flexibility index (Phi) is 8.10. The minimum atomic E-state index is -3.35. The first kappa shape index (κ1) is 21.2. The normalized spacial score (nSPS) is 14.9. The number of carboxylic acids is 1. The average molecular weight is 392 g/mol. The van der Waals surface area contributed by atoms with Gasteiger partial charge in [0.25, 0.3) is 0 Å². The van der Waals surface area contributed by atoms with E-state index in [1.54, 1.807) is 0 Å². The van der Waals surface area contributed by atoms with Crippen LogP contribution in [0.1, 0.15) is 56.1 Å². The minimum Gasteiger partial charge on any atom is -0.481 e. The molecule has 2 N–H and O–H groups in total. The number of carbonyl (C=O) groups is 1. The molecule has 148 valence electrons. The average Bonchev–Trinajstić information content (AvgIpc) is 3.02. The van der Waals surface area contributed by atoms with Gasteiger partial charge in [-0.25, -0.2) is 8.42 Å². The van der Waals surface area contributed by atoms with E-state index in [1.807, 2.05) is 43.3 Å². The highest BCUT2D eigenvalue weighted by Gasteiger charge is 2.19. The summed E-state index contributed by atoms with van der Waals surface area (Å²) in [7, 11) is -3.35. The maximum atomic E-state index is 12.5. The van der Waals surface area contributed by atoms with Crippen molar-refractivity contribution >= 4 is 16.0 Å². The van der Waals surface area contributed by atoms with Crippen molar-refractivity contribution in [1.82, 2.24) is 4.72 Å². The van der Waals surface area contributed by atoms with E-state index >= 15 is 0 Å². The standard InChI is InChI=1S/C21H29NO4S/c1-17-8-6-9-18(16-17)14-15-27(25,26)22-20-12-7-11-19(20)10-4-2-3-5-13-21(23)24/h2,4,6,8-9,16,22H,3,5,7,10-15H2,1H3,(H,23,24). The van der Waals surface area contributed by atoms with Gasteiger partial charge in [-0.05, 0) is 63.0 Å². The molecule has 0 spiro atoms. The Balaban J connectivity index is 1.86. The van der Waals surface area contributed by atoms with Crippen LogP contribution in [0.5, 0.6) is 0 Å². The lowest BCUT2D eigenvalue weighted by Gasteiger charge is -2.11. The summed E-state index contributed by atoms with van der Waals surface area (Å²) in [5.74, 6) is -0.692. The smallest absolute Gasteiger partial charge is 0.303 e. The van der Waals surface area contributed by atoms with Crippen LogP contribution in [0.3, 0.4) is 0 Å². The van der Waals surface area contributed by atoms with E-state index in [0.717, 1.165) is 54.5 Å². The molecule has 1 aromatic rings. The Bertz CT molecular complexity index is 809. The molecule has 0 amide bonds. The summed E-state index contributed by atoms with van der Waals surface area (Å²) in [6, 6.07) is 7.93. The van der Waals surface area contributed by atoms with Crippen LogP contribution in [0.2, 0.25) is 0 Å². The lowest BCUT2D eigenvalue weighted by molar-refractivity contribution is -0.137. The molecule has 0 bridgehead atoms. The molecule has 2 rings (SSSR count). The first-order chi connectivity index (χ1) is 12.9. The number of rotatable bonds is 11. The molecule has 0 saturated heterocycles. The number of hydrogen-bond acceptors (Lipinski definition) is 3. The van der Waals surface area contributed by atoms with Gasteiger partial charge >= 0.3 is 5.97 Å². The molecule has 1 aliphatic rings. The zero-order chi connectivity index (χ0) is 19.7. The first-order valence-corrected chi connectivity index (χ1v) is 11.1. The SMILES string of the molecule is Cc1cccc(CCS(=O)(=O)NC2=C(CC=CCCCC(=O)O)CCC2)c1. The summed E-state index contributed by atoms with van der Waals surface area (Å²) in [4.78, 5) is 10.5. The van der Waals surface area contributed by atoms with Crippen LogP contribution in [0.15, 0.2) is 47.7 Å². The maximum absolute atomic E-state index is 12.5. The van der Waals surface area contributed by atoms with E-state index in [9.17, 15) is 13.2 Å². The summed E-state index contributed by atoms with van der Waals surface area (Å²) >= 11 is 0. The molecule has 6 heteroatoms. The van der Waals surface area contributed by atoms with Gasteiger partial charge < -0.3 is 5.11 Å². The van der Waals surface area contributed by atoms with Gasteiger partial charge in [-0.1, -0.05) is 42.0 Å². The number of aryl methyl sites for hydroxylation is 2. The van der Waals surface area contributed by atoms with E-state index in [-0.39, 0.29) is 12.2 Å². The fourth-order valence-electron chi connectivity index (χ4n) is 3.23. The minimum absolute atomic E-state index is 0.0816. The number of hydrogen-bond donors (Lipinski definition) is 2. The lowest BCUT2D eigenvalue weighted by Crippen LogP contribution is -2.26. The summed E-state index contributed by atoms with van der Waals surface area (Å²) in [6.45, 7) is 2.00. The Morgan fingerprint density at radius 2 is 2.07 bits per heavy atom. The van der Waals surface area contributed by atoms with Gasteiger partial charge in [-0.3, -0.25) is 9.52 Å². The number of benzene rings is 1. The predicted molar refractivity (Wildman–Crippen MR) is 108 cm³/mol. The monoisotopic (exact) mass is 391 g/mol. The molecule has 0 aromatic heterocycles. The molecule has 0 unspecified atom stereocenters. The lowest BCUT2D eigenvalue weighted by atomic mass is 10.1. The maximum Gasteiger partial charge on any atom is 0.303 e. The zero-order valence-electron chi connectivity index (χ0n) is 15.9. The Morgan fingerprint density at radius 3 is 2.81 bits per heavy atom. The van der Waals surface area contributed by atoms with E-state index in [0.29, 0.717) is 12.8 Å². The van der Waals surface area contributed by atoms with Crippen LogP contribution in [-0.2, 0) is 21.2 Å². The van der Waals surface area contributed by atoms with Crippen LogP contribution in [0.4, 0.5) is 0 Å². The largest absolute Gasteiger partial charge is 0.481 e. The Morgan fingerprint density at radius 1 is 1.26 bits per heavy atom. The molecule has 0 aliphatic heterocycles. The fourth-order valence-corrected chi connectivity index (χ4v) is 4.46. The van der Waals surface area contributed by atoms with Crippen LogP contribution in [0.25, 0.3) is 0 Å². The molecule has 0 fully saturated rings. The predicted octanol–water partition coefficient (Wildman–Crippen LogP) is 4.10. The molecule has 5 nitrogen and oxygen atoms in total. The quantitative estimate of drug-likeness (QED) is 0.439. The second-order valence-corrected chi connectivity index (χ2v) is 8.90. The summed E-state index contributed by atoms with van der Waals surface area (Å²) in [5, 5.41) is 8.62. The summed E-state index contributed by atoms with van der Waals surface area (Å²) in [5.41, 5.74) is 4.15. The molecule has 0 heterocycles. The van der Waals surface area contributed by atoms with Crippen LogP contribution in [0, 0.1) is 6.92 Å². The first-order valence-electron chi connectivity index (χ1n) is 9.49. The van der Waals surface area contributed by atoms with Gasteiger partial charge in [-0.2, -0.15) is 0 Å². The number of unbranched alkanes of at least 4 members (excludes halogenated alkanes) is 1. The molecule has 0 atom stereocenters. The molecule has 1 aliphatic carbocycles. The number of allylic oxidation sites excluding steroid dienone is 4. The third-order valence-corrected chi connectivity index (χ3v) is 5.94. The second-order valence-electron chi connectivity index (χ2n) is 7.06. The highest BCUT2D eigenvalue weighted by atomic mass is 32.2. The van der Waals surface area contributed by atoms with Crippen molar-refractivity contribution in [2.45, 2.75) is 58.3 Å². The van der Waals surface area contributed by atoms with Crippen molar-refractivity contribution in [3.8, 4) is 0 Å². The van der Waals surface area contributed by atoms with Crippen molar-refractivity contribution in [2.75, 3.05) is 5.75 Å². The molecule has 1 aromatic carbocycles. The third kappa shape index (κ3) is 7.99. The van der Waals surface area contributed by atoms with Gasteiger partial charge in [-0.15, -0.1) is 0 Å². The van der Waals surface area contributed by atoms with Crippen molar-refractivity contribution in [3.05, 3.63) is 58.8 Å². The molecule has 0 radical (unpaired) electrons. The highest BCUT2D eigenvalue weighted by molar-refractivity contribution is 7.89. The van der Waals surface area contributed by atoms with E-state index < -0.39 is 16.0 Å². The van der Waals surface area contributed by atoms with Crippen LogP contribution in [-0.4, -0.2) is 25.2 Å². The van der Waals surface area contributed by atoms with E-state index in [4.69, 9.17) is 5.11 Å². The molecular weight excluding hydrogens is 362 g/mol. The van der Waals surface area contributed by atoms with Crippen molar-refractivity contribution < 1.29 is 18.3 Å². The second kappa shape index (κ2) is 10.3. The highest BCUT2D eigenvalue weighted by Crippen LogP contribution is 2.27.